The van der Waals surface area contributed by atoms with Crippen LogP contribution in [0.2, 0.25) is 0 Å². The van der Waals surface area contributed by atoms with Crippen molar-refractivity contribution in [3.8, 4) is 34.3 Å². The van der Waals surface area contributed by atoms with E-state index < -0.39 is 141 Å². The van der Waals surface area contributed by atoms with Gasteiger partial charge in [-0.05, 0) is 18.2 Å². The summed E-state index contributed by atoms with van der Waals surface area (Å²) in [7, 11) is 0. The Bertz CT molecular complexity index is 1940. The van der Waals surface area contributed by atoms with Crippen molar-refractivity contribution in [3.63, 3.8) is 0 Å². The summed E-state index contributed by atoms with van der Waals surface area (Å²) in [5.74, 6) is -2.74. The Labute approximate surface area is 320 Å². The number of carbonyl (C=O) groups excluding carboxylic acids is 1. The minimum absolute atomic E-state index is 0.0917. The van der Waals surface area contributed by atoms with Crippen molar-refractivity contribution in [2.75, 3.05) is 19.8 Å². The normalized spacial score (nSPS) is 35.9. The molecule has 12 N–H and O–H groups in total. The maximum Gasteiger partial charge on any atom is 0.302 e. The SMILES string of the molecule is CC(=O)OCC1OC(OC2C(O)C(CO)OC(OC3C(Oc4cc(O)c5c(=O)cc(-c6ccc(O)c(O)c6)oc5c4)OC(CO)C(O)C3O)C2O)C(O)C(O)C1O. The Morgan fingerprint density at radius 2 is 1.26 bits per heavy atom. The Morgan fingerprint density at radius 1 is 0.649 bits per heavy atom. The van der Waals surface area contributed by atoms with Crippen LogP contribution in [0.3, 0.4) is 0 Å². The number of phenols is 3. The van der Waals surface area contributed by atoms with Crippen LogP contribution in [0.25, 0.3) is 22.3 Å². The van der Waals surface area contributed by atoms with E-state index in [4.69, 9.17) is 37.6 Å². The molecule has 3 aliphatic rings. The molecular weight excluding hydrogens is 772 g/mol. The number of hydrogen-bond acceptors (Lipinski definition) is 22. The molecule has 15 unspecified atom stereocenters. The smallest absolute Gasteiger partial charge is 0.302 e. The molecule has 0 bridgehead atoms. The van der Waals surface area contributed by atoms with Crippen LogP contribution >= 0.6 is 0 Å². The number of aliphatic hydroxyl groups is 9. The highest BCUT2D eigenvalue weighted by Crippen LogP contribution is 2.37. The van der Waals surface area contributed by atoms with E-state index in [1.54, 1.807) is 0 Å². The maximum absolute atomic E-state index is 13.0. The fourth-order valence-corrected chi connectivity index (χ4v) is 6.56. The number of phenolic OH excluding ortho intramolecular Hbond substituents is 3. The highest BCUT2D eigenvalue weighted by molar-refractivity contribution is 5.86. The first kappa shape index (κ1) is 42.4. The van der Waals surface area contributed by atoms with E-state index in [0.717, 1.165) is 37.3 Å². The lowest BCUT2D eigenvalue weighted by atomic mass is 9.96. The van der Waals surface area contributed by atoms with Crippen molar-refractivity contribution in [2.45, 2.75) is 99.0 Å². The van der Waals surface area contributed by atoms with Crippen LogP contribution < -0.4 is 10.2 Å². The second-order valence-electron chi connectivity index (χ2n) is 13.5. The molecule has 314 valence electrons. The van der Waals surface area contributed by atoms with E-state index in [-0.39, 0.29) is 28.0 Å². The summed E-state index contributed by atoms with van der Waals surface area (Å²) in [6, 6.07) is 6.76. The van der Waals surface area contributed by atoms with Crippen molar-refractivity contribution in [2.24, 2.45) is 0 Å². The van der Waals surface area contributed by atoms with Gasteiger partial charge >= 0.3 is 5.97 Å². The van der Waals surface area contributed by atoms with Crippen LogP contribution in [0.1, 0.15) is 6.92 Å². The maximum atomic E-state index is 13.0. The van der Waals surface area contributed by atoms with Gasteiger partial charge < -0.3 is 98.9 Å². The lowest BCUT2D eigenvalue weighted by Gasteiger charge is -2.48. The molecular formula is C35H42O22. The Balaban J connectivity index is 1.27. The van der Waals surface area contributed by atoms with Gasteiger partial charge in [-0.25, -0.2) is 0 Å². The molecule has 0 amide bonds. The van der Waals surface area contributed by atoms with E-state index >= 15 is 0 Å². The number of rotatable bonds is 11. The van der Waals surface area contributed by atoms with E-state index in [2.05, 4.69) is 0 Å². The predicted octanol–water partition coefficient (Wildman–Crippen LogP) is -4.03. The number of aliphatic hydroxyl groups excluding tert-OH is 9. The Morgan fingerprint density at radius 3 is 1.93 bits per heavy atom. The van der Waals surface area contributed by atoms with Crippen molar-refractivity contribution < 1.29 is 104 Å². The topological polar surface area (TPSA) is 355 Å². The van der Waals surface area contributed by atoms with Gasteiger partial charge in [0.1, 0.15) is 102 Å². The highest BCUT2D eigenvalue weighted by atomic mass is 16.8. The average Bonchev–Trinajstić information content (AvgIpc) is 3.17. The van der Waals surface area contributed by atoms with Crippen molar-refractivity contribution >= 4 is 16.9 Å². The summed E-state index contributed by atoms with van der Waals surface area (Å²) < 4.78 is 44.7. The van der Waals surface area contributed by atoms with Crippen molar-refractivity contribution in [1.82, 2.24) is 0 Å². The van der Waals surface area contributed by atoms with Crippen LogP contribution in [-0.4, -0.2) is 179 Å². The molecule has 1 aromatic heterocycles. The predicted molar refractivity (Wildman–Crippen MR) is 182 cm³/mol. The van der Waals surface area contributed by atoms with Gasteiger partial charge in [-0.1, -0.05) is 0 Å². The number of esters is 1. The monoisotopic (exact) mass is 814 g/mol. The molecule has 15 atom stereocenters. The van der Waals surface area contributed by atoms with Gasteiger partial charge in [0.15, 0.2) is 35.6 Å². The molecule has 3 fully saturated rings. The van der Waals surface area contributed by atoms with Gasteiger partial charge in [0, 0.05) is 30.7 Å². The minimum atomic E-state index is -2.09. The third-order valence-corrected chi connectivity index (χ3v) is 9.64. The molecule has 22 nitrogen and oxygen atoms in total. The van der Waals surface area contributed by atoms with Gasteiger partial charge in [0.25, 0.3) is 0 Å². The number of carbonyl (C=O) groups is 1. The average molecular weight is 815 g/mol. The van der Waals surface area contributed by atoms with E-state index in [0.29, 0.717) is 0 Å². The summed E-state index contributed by atoms with van der Waals surface area (Å²) in [5.41, 5.74) is -0.797. The highest BCUT2D eigenvalue weighted by Gasteiger charge is 2.54. The molecule has 3 aromatic rings. The van der Waals surface area contributed by atoms with E-state index in [9.17, 15) is 70.9 Å². The molecule has 4 heterocycles. The van der Waals surface area contributed by atoms with E-state index in [1.165, 1.54) is 6.07 Å². The number of benzene rings is 2. The quantitative estimate of drug-likeness (QED) is 0.0648. The van der Waals surface area contributed by atoms with Crippen LogP contribution in [0, 0.1) is 0 Å². The summed E-state index contributed by atoms with van der Waals surface area (Å²) >= 11 is 0. The van der Waals surface area contributed by atoms with Crippen molar-refractivity contribution in [1.29, 1.82) is 0 Å². The third kappa shape index (κ3) is 8.64. The van der Waals surface area contributed by atoms with Crippen molar-refractivity contribution in [3.05, 3.63) is 46.6 Å². The molecule has 3 saturated heterocycles. The molecule has 6 rings (SSSR count). The standard InChI is InChI=1S/C35H42O22/c1-11(38)50-10-22-25(44)27(46)29(48)33(55-22)56-31-26(45)21(9-37)53-34(30(31)49)57-32-28(47)24(43)20(8-36)54-35(32)51-13-5-16(41)23-17(42)7-18(52-19(23)6-13)12-2-3-14(39)15(40)4-12/h2-7,20-22,24-37,39-41,43-49H,8-10H2,1H3. The number of ether oxygens (including phenoxy) is 7. The number of hydrogen-bond donors (Lipinski definition) is 12. The molecule has 0 radical (unpaired) electrons. The number of fused-ring (bicyclic) bond motifs is 1. The number of aromatic hydroxyl groups is 3. The Hall–Kier alpha value is -4.24. The Kier molecular flexibility index (Phi) is 12.9. The molecule has 57 heavy (non-hydrogen) atoms. The summed E-state index contributed by atoms with van der Waals surface area (Å²) in [6.07, 6.45) is -27.5. The van der Waals surface area contributed by atoms with Gasteiger partial charge in [0.2, 0.25) is 6.29 Å². The second kappa shape index (κ2) is 17.3. The summed E-state index contributed by atoms with van der Waals surface area (Å²) in [4.78, 5) is 24.3. The third-order valence-electron chi connectivity index (χ3n) is 9.64. The van der Waals surface area contributed by atoms with Crippen LogP contribution in [0.4, 0.5) is 0 Å². The fourth-order valence-electron chi connectivity index (χ4n) is 6.56. The molecule has 0 saturated carbocycles. The largest absolute Gasteiger partial charge is 0.507 e. The first-order chi connectivity index (χ1) is 27.0. The minimum Gasteiger partial charge on any atom is -0.507 e. The first-order valence-corrected chi connectivity index (χ1v) is 17.4. The molecule has 0 aliphatic carbocycles. The second-order valence-corrected chi connectivity index (χ2v) is 13.5. The van der Waals surface area contributed by atoms with Gasteiger partial charge in [-0.3, -0.25) is 9.59 Å². The molecule has 3 aliphatic heterocycles. The molecule has 0 spiro atoms. The summed E-state index contributed by atoms with van der Waals surface area (Å²) in [5, 5.41) is 126. The van der Waals surface area contributed by atoms with Crippen LogP contribution in [0.5, 0.6) is 23.0 Å². The van der Waals surface area contributed by atoms with Gasteiger partial charge in [-0.2, -0.15) is 0 Å². The summed E-state index contributed by atoms with van der Waals surface area (Å²) in [6.45, 7) is -1.30. The van der Waals surface area contributed by atoms with E-state index in [1.807, 2.05) is 0 Å². The van der Waals surface area contributed by atoms with Crippen LogP contribution in [-0.2, 0) is 33.2 Å². The zero-order valence-corrected chi connectivity index (χ0v) is 29.7. The molecule has 2 aromatic carbocycles. The zero-order chi connectivity index (χ0) is 41.5. The first-order valence-electron chi connectivity index (χ1n) is 17.4. The van der Waals surface area contributed by atoms with Gasteiger partial charge in [0.05, 0.1) is 13.2 Å². The van der Waals surface area contributed by atoms with Crippen LogP contribution in [0.15, 0.2) is 45.6 Å². The lowest BCUT2D eigenvalue weighted by molar-refractivity contribution is -0.380. The molecule has 22 heteroatoms. The lowest BCUT2D eigenvalue weighted by Crippen LogP contribution is -2.67. The zero-order valence-electron chi connectivity index (χ0n) is 29.7. The fraction of sp³-hybridized carbons (Fsp3) is 0.543. The van der Waals surface area contributed by atoms with Gasteiger partial charge in [-0.15, -0.1) is 0 Å².